The van der Waals surface area contributed by atoms with Gasteiger partial charge in [0.2, 0.25) is 5.91 Å². The Balaban J connectivity index is 1.93. The van der Waals surface area contributed by atoms with E-state index in [9.17, 15) is 9.59 Å². The van der Waals surface area contributed by atoms with Crippen molar-refractivity contribution >= 4 is 11.9 Å². The number of fused-ring (bicyclic) bond motifs is 2. The summed E-state index contributed by atoms with van der Waals surface area (Å²) in [6, 6.07) is 0. The van der Waals surface area contributed by atoms with Crippen molar-refractivity contribution < 1.29 is 14.7 Å². The SMILES string of the molecule is CC1C2CC(C(=O)NCC(=O)O)C(C2)C1C. The summed E-state index contributed by atoms with van der Waals surface area (Å²) in [4.78, 5) is 22.2. The lowest BCUT2D eigenvalue weighted by atomic mass is 9.75. The maximum Gasteiger partial charge on any atom is 0.322 e. The van der Waals surface area contributed by atoms with Gasteiger partial charge in [0, 0.05) is 5.92 Å². The molecule has 0 aliphatic heterocycles. The van der Waals surface area contributed by atoms with Crippen LogP contribution < -0.4 is 5.32 Å². The van der Waals surface area contributed by atoms with Gasteiger partial charge in [-0.15, -0.1) is 0 Å². The van der Waals surface area contributed by atoms with E-state index in [1.165, 1.54) is 0 Å². The first kappa shape index (κ1) is 11.4. The van der Waals surface area contributed by atoms with Crippen LogP contribution in [0.3, 0.4) is 0 Å². The standard InChI is InChI=1S/C12H19NO3/c1-6-7(2)9-3-8(6)4-10(9)12(16)13-5-11(14)15/h6-10H,3-5H2,1-2H3,(H,13,16)(H,14,15). The van der Waals surface area contributed by atoms with Gasteiger partial charge in [0.1, 0.15) is 6.54 Å². The fourth-order valence-corrected chi connectivity index (χ4v) is 3.54. The summed E-state index contributed by atoms with van der Waals surface area (Å²) in [7, 11) is 0. The maximum absolute atomic E-state index is 11.8. The zero-order chi connectivity index (χ0) is 11.9. The van der Waals surface area contributed by atoms with Gasteiger partial charge in [-0.3, -0.25) is 9.59 Å². The van der Waals surface area contributed by atoms with E-state index in [1.807, 2.05) is 0 Å². The Labute approximate surface area is 95.4 Å². The third-order valence-corrected chi connectivity index (χ3v) is 4.65. The molecule has 5 unspecified atom stereocenters. The predicted molar refractivity (Wildman–Crippen MR) is 58.7 cm³/mol. The highest BCUT2D eigenvalue weighted by molar-refractivity contribution is 5.83. The van der Waals surface area contributed by atoms with Gasteiger partial charge in [-0.2, -0.15) is 0 Å². The Morgan fingerprint density at radius 3 is 2.44 bits per heavy atom. The molecule has 1 amide bonds. The second-order valence-electron chi connectivity index (χ2n) is 5.33. The minimum atomic E-state index is -0.974. The van der Waals surface area contributed by atoms with E-state index < -0.39 is 5.97 Å². The van der Waals surface area contributed by atoms with Gasteiger partial charge in [0.15, 0.2) is 0 Å². The Morgan fingerprint density at radius 2 is 1.94 bits per heavy atom. The lowest BCUT2D eigenvalue weighted by Crippen LogP contribution is -2.39. The van der Waals surface area contributed by atoms with Crippen molar-refractivity contribution in [1.82, 2.24) is 5.32 Å². The van der Waals surface area contributed by atoms with E-state index >= 15 is 0 Å². The van der Waals surface area contributed by atoms with E-state index in [4.69, 9.17) is 5.11 Å². The van der Waals surface area contributed by atoms with Crippen LogP contribution in [0.4, 0.5) is 0 Å². The smallest absolute Gasteiger partial charge is 0.322 e. The quantitative estimate of drug-likeness (QED) is 0.756. The van der Waals surface area contributed by atoms with Crippen molar-refractivity contribution in [3.63, 3.8) is 0 Å². The van der Waals surface area contributed by atoms with E-state index in [0.717, 1.165) is 12.8 Å². The van der Waals surface area contributed by atoms with Gasteiger partial charge < -0.3 is 10.4 Å². The molecule has 0 saturated heterocycles. The van der Waals surface area contributed by atoms with Crippen molar-refractivity contribution in [3.05, 3.63) is 0 Å². The molecule has 4 nitrogen and oxygen atoms in total. The van der Waals surface area contributed by atoms with Gasteiger partial charge in [0.05, 0.1) is 0 Å². The molecule has 0 aromatic heterocycles. The molecule has 0 heterocycles. The number of hydrogen-bond donors (Lipinski definition) is 2. The molecule has 2 aliphatic carbocycles. The van der Waals surface area contributed by atoms with Gasteiger partial charge in [-0.05, 0) is 36.5 Å². The molecule has 0 aromatic rings. The number of carboxylic acids is 1. The van der Waals surface area contributed by atoms with Crippen LogP contribution >= 0.6 is 0 Å². The summed E-state index contributed by atoms with van der Waals surface area (Å²) in [6.45, 7) is 4.23. The van der Waals surface area contributed by atoms with Crippen molar-refractivity contribution in [1.29, 1.82) is 0 Å². The molecule has 4 heteroatoms. The normalized spacial score (nSPS) is 41.0. The Bertz CT molecular complexity index is 313. The summed E-state index contributed by atoms with van der Waals surface area (Å²) in [5, 5.41) is 11.0. The Morgan fingerprint density at radius 1 is 1.25 bits per heavy atom. The minimum Gasteiger partial charge on any atom is -0.480 e. The van der Waals surface area contributed by atoms with Crippen LogP contribution in [-0.2, 0) is 9.59 Å². The first-order chi connectivity index (χ1) is 7.50. The highest BCUT2D eigenvalue weighted by Crippen LogP contribution is 2.54. The molecule has 0 radical (unpaired) electrons. The number of nitrogens with one attached hydrogen (secondary N) is 1. The first-order valence-corrected chi connectivity index (χ1v) is 6.00. The number of amides is 1. The fourth-order valence-electron chi connectivity index (χ4n) is 3.54. The van der Waals surface area contributed by atoms with Crippen molar-refractivity contribution in [2.75, 3.05) is 6.54 Å². The van der Waals surface area contributed by atoms with Crippen LogP contribution in [0, 0.1) is 29.6 Å². The average Bonchev–Trinajstić information content (AvgIpc) is 2.77. The van der Waals surface area contributed by atoms with E-state index in [-0.39, 0.29) is 18.4 Å². The molecule has 2 bridgehead atoms. The van der Waals surface area contributed by atoms with Gasteiger partial charge in [-0.25, -0.2) is 0 Å². The number of carbonyl (C=O) groups is 2. The second-order valence-corrected chi connectivity index (χ2v) is 5.33. The highest BCUT2D eigenvalue weighted by Gasteiger charge is 2.50. The lowest BCUT2D eigenvalue weighted by molar-refractivity contribution is -0.139. The summed E-state index contributed by atoms with van der Waals surface area (Å²) < 4.78 is 0. The summed E-state index contributed by atoms with van der Waals surface area (Å²) >= 11 is 0. The van der Waals surface area contributed by atoms with Gasteiger partial charge in [0.25, 0.3) is 0 Å². The number of carboxylic acid groups (broad SMARTS) is 1. The number of carbonyl (C=O) groups excluding carboxylic acids is 1. The molecule has 2 aliphatic rings. The Hall–Kier alpha value is -1.06. The van der Waals surface area contributed by atoms with Crippen LogP contribution in [0.1, 0.15) is 26.7 Å². The van der Waals surface area contributed by atoms with E-state index in [2.05, 4.69) is 19.2 Å². The summed E-state index contributed by atoms with van der Waals surface area (Å²) in [6.07, 6.45) is 2.09. The molecule has 2 fully saturated rings. The molecule has 2 rings (SSSR count). The minimum absolute atomic E-state index is 0.0514. The molecule has 2 N–H and O–H groups in total. The molecular formula is C12H19NO3. The molecule has 2 saturated carbocycles. The molecule has 90 valence electrons. The lowest BCUT2D eigenvalue weighted by Gasteiger charge is -2.30. The van der Waals surface area contributed by atoms with Crippen LogP contribution in [0.15, 0.2) is 0 Å². The summed E-state index contributed by atoms with van der Waals surface area (Å²) in [5.74, 6) is 1.46. The van der Waals surface area contributed by atoms with Crippen LogP contribution in [0.25, 0.3) is 0 Å². The van der Waals surface area contributed by atoms with Crippen LogP contribution in [0.2, 0.25) is 0 Å². The van der Waals surface area contributed by atoms with E-state index in [1.54, 1.807) is 0 Å². The number of rotatable bonds is 3. The number of aliphatic carboxylic acids is 1. The van der Waals surface area contributed by atoms with Crippen molar-refractivity contribution in [3.8, 4) is 0 Å². The van der Waals surface area contributed by atoms with Gasteiger partial charge in [-0.1, -0.05) is 13.8 Å². The first-order valence-electron chi connectivity index (χ1n) is 6.00. The van der Waals surface area contributed by atoms with Crippen LogP contribution in [0.5, 0.6) is 0 Å². The maximum atomic E-state index is 11.8. The van der Waals surface area contributed by atoms with Crippen molar-refractivity contribution in [2.24, 2.45) is 29.6 Å². The molecule has 0 aromatic carbocycles. The largest absolute Gasteiger partial charge is 0.480 e. The zero-order valence-electron chi connectivity index (χ0n) is 9.77. The molecule has 0 spiro atoms. The third kappa shape index (κ3) is 1.81. The highest BCUT2D eigenvalue weighted by atomic mass is 16.4. The van der Waals surface area contributed by atoms with Crippen LogP contribution in [-0.4, -0.2) is 23.5 Å². The molecule has 5 atom stereocenters. The summed E-state index contributed by atoms with van der Waals surface area (Å²) in [5.41, 5.74) is 0. The van der Waals surface area contributed by atoms with E-state index in [0.29, 0.717) is 23.7 Å². The van der Waals surface area contributed by atoms with Crippen molar-refractivity contribution in [2.45, 2.75) is 26.7 Å². The predicted octanol–water partition coefficient (Wildman–Crippen LogP) is 1.12. The third-order valence-electron chi connectivity index (χ3n) is 4.65. The molecular weight excluding hydrogens is 206 g/mol. The van der Waals surface area contributed by atoms with Gasteiger partial charge >= 0.3 is 5.97 Å². The molecule has 16 heavy (non-hydrogen) atoms. The number of hydrogen-bond acceptors (Lipinski definition) is 2. The topological polar surface area (TPSA) is 66.4 Å². The fraction of sp³-hybridized carbons (Fsp3) is 0.833. The zero-order valence-corrected chi connectivity index (χ0v) is 9.77. The monoisotopic (exact) mass is 225 g/mol. The second kappa shape index (κ2) is 4.07. The average molecular weight is 225 g/mol. The Kier molecular flexibility index (Phi) is 2.91.